The quantitative estimate of drug-likeness (QED) is 0.489. The molecule has 1 aliphatic rings. The summed E-state index contributed by atoms with van der Waals surface area (Å²) in [7, 11) is -1.42. The van der Waals surface area contributed by atoms with Gasteiger partial charge in [0.15, 0.2) is 0 Å². The largest absolute Gasteiger partial charge is 0.488 e. The molecule has 1 aromatic rings. The Bertz CT molecular complexity index is 348. The summed E-state index contributed by atoms with van der Waals surface area (Å²) in [6.07, 6.45) is 4.89. The number of hydrogen-bond acceptors (Lipinski definition) is 3. The first-order chi connectivity index (χ1) is 7.16. The van der Waals surface area contributed by atoms with Gasteiger partial charge >= 0.3 is 7.12 Å². The molecule has 0 radical (unpaired) electrons. The minimum absolute atomic E-state index is 0.497. The maximum Gasteiger partial charge on any atom is 0.488 e. The first kappa shape index (κ1) is 10.5. The molecule has 0 unspecified atom stereocenters. The maximum atomic E-state index is 9.12. The highest BCUT2D eigenvalue weighted by atomic mass is 16.4. The zero-order chi connectivity index (χ0) is 10.8. The van der Waals surface area contributed by atoms with E-state index in [1.807, 2.05) is 12.1 Å². The monoisotopic (exact) mass is 205 g/mol. The van der Waals surface area contributed by atoms with Gasteiger partial charge in [-0.3, -0.25) is 0 Å². The molecule has 0 saturated heterocycles. The molecular weight excluding hydrogens is 189 g/mol. The van der Waals surface area contributed by atoms with Crippen LogP contribution in [0, 0.1) is 0 Å². The fourth-order valence-corrected chi connectivity index (χ4v) is 2.35. The van der Waals surface area contributed by atoms with Gasteiger partial charge in [0.1, 0.15) is 0 Å². The average molecular weight is 205 g/mol. The Balaban J connectivity index is 2.30. The van der Waals surface area contributed by atoms with Crippen molar-refractivity contribution in [2.45, 2.75) is 31.6 Å². The van der Waals surface area contributed by atoms with Gasteiger partial charge in [-0.1, -0.05) is 18.9 Å². The number of rotatable bonds is 2. The summed E-state index contributed by atoms with van der Waals surface area (Å²) in [6.45, 7) is 0. The average Bonchev–Trinajstić information content (AvgIpc) is 2.69. The van der Waals surface area contributed by atoms with Crippen molar-refractivity contribution in [1.29, 1.82) is 0 Å². The van der Waals surface area contributed by atoms with Crippen LogP contribution in [0.4, 0.5) is 5.69 Å². The molecule has 0 amide bonds. The molecule has 1 fully saturated rings. The van der Waals surface area contributed by atoms with Crippen molar-refractivity contribution in [2.75, 3.05) is 5.73 Å². The topological polar surface area (TPSA) is 66.5 Å². The van der Waals surface area contributed by atoms with E-state index >= 15 is 0 Å². The van der Waals surface area contributed by atoms with Crippen molar-refractivity contribution >= 4 is 18.3 Å². The summed E-state index contributed by atoms with van der Waals surface area (Å²) in [5.74, 6) is 0.547. The van der Waals surface area contributed by atoms with Crippen molar-refractivity contribution in [1.82, 2.24) is 0 Å². The molecule has 2 rings (SSSR count). The van der Waals surface area contributed by atoms with Crippen molar-refractivity contribution in [3.05, 3.63) is 23.8 Å². The summed E-state index contributed by atoms with van der Waals surface area (Å²) < 4.78 is 0. The number of anilines is 1. The van der Waals surface area contributed by atoms with Gasteiger partial charge in [-0.2, -0.15) is 0 Å². The molecule has 1 saturated carbocycles. The third-order valence-corrected chi connectivity index (χ3v) is 3.12. The van der Waals surface area contributed by atoms with Gasteiger partial charge in [0.25, 0.3) is 0 Å². The van der Waals surface area contributed by atoms with Gasteiger partial charge in [0, 0.05) is 5.69 Å². The van der Waals surface area contributed by atoms with Gasteiger partial charge in [0.2, 0.25) is 0 Å². The maximum absolute atomic E-state index is 9.12. The van der Waals surface area contributed by atoms with Crippen LogP contribution >= 0.6 is 0 Å². The molecule has 4 N–H and O–H groups in total. The fourth-order valence-electron chi connectivity index (χ4n) is 2.35. The van der Waals surface area contributed by atoms with E-state index in [1.54, 1.807) is 6.07 Å². The predicted molar refractivity (Wildman–Crippen MR) is 61.9 cm³/mol. The zero-order valence-corrected chi connectivity index (χ0v) is 8.69. The lowest BCUT2D eigenvalue weighted by Gasteiger charge is -2.12. The van der Waals surface area contributed by atoms with Crippen LogP contribution in [0.2, 0.25) is 0 Å². The number of benzene rings is 1. The Labute approximate surface area is 90.1 Å². The highest BCUT2D eigenvalue weighted by molar-refractivity contribution is 6.58. The Morgan fingerprint density at radius 3 is 2.40 bits per heavy atom. The highest BCUT2D eigenvalue weighted by Gasteiger charge is 2.20. The second kappa shape index (κ2) is 4.25. The van der Waals surface area contributed by atoms with E-state index in [4.69, 9.17) is 15.8 Å². The molecule has 0 bridgehead atoms. The SMILES string of the molecule is Nc1cc(B(O)O)cc(C2CCCC2)c1. The highest BCUT2D eigenvalue weighted by Crippen LogP contribution is 2.34. The van der Waals surface area contributed by atoms with Crippen LogP contribution in [0.5, 0.6) is 0 Å². The molecular formula is C11H16BNO2. The molecule has 0 aliphatic heterocycles. The van der Waals surface area contributed by atoms with E-state index in [0.717, 1.165) is 5.56 Å². The van der Waals surface area contributed by atoms with E-state index < -0.39 is 7.12 Å². The van der Waals surface area contributed by atoms with Gasteiger partial charge < -0.3 is 15.8 Å². The third kappa shape index (κ3) is 2.33. The smallest absolute Gasteiger partial charge is 0.423 e. The lowest BCUT2D eigenvalue weighted by atomic mass is 9.78. The lowest BCUT2D eigenvalue weighted by molar-refractivity contribution is 0.425. The van der Waals surface area contributed by atoms with E-state index in [2.05, 4.69) is 0 Å². The van der Waals surface area contributed by atoms with Crippen molar-refractivity contribution in [3.8, 4) is 0 Å². The van der Waals surface area contributed by atoms with Crippen LogP contribution in [0.25, 0.3) is 0 Å². The standard InChI is InChI=1S/C11H16BNO2/c13-11-6-9(8-3-1-2-4-8)5-10(7-11)12(14)15/h5-8,14-15H,1-4,13H2. The fraction of sp³-hybridized carbons (Fsp3) is 0.455. The van der Waals surface area contributed by atoms with Gasteiger partial charge in [-0.25, -0.2) is 0 Å². The molecule has 0 heterocycles. The molecule has 0 aromatic heterocycles. The van der Waals surface area contributed by atoms with Crippen LogP contribution in [0.1, 0.15) is 37.2 Å². The molecule has 1 aromatic carbocycles. The Hall–Kier alpha value is -0.995. The molecule has 15 heavy (non-hydrogen) atoms. The molecule has 3 nitrogen and oxygen atoms in total. The van der Waals surface area contributed by atoms with Gasteiger partial charge in [0.05, 0.1) is 0 Å². The van der Waals surface area contributed by atoms with Crippen LogP contribution in [0.15, 0.2) is 18.2 Å². The first-order valence-corrected chi connectivity index (χ1v) is 5.43. The zero-order valence-electron chi connectivity index (χ0n) is 8.69. The molecule has 80 valence electrons. The summed E-state index contributed by atoms with van der Waals surface area (Å²) in [4.78, 5) is 0. The minimum atomic E-state index is -1.42. The predicted octanol–water partition coefficient (Wildman–Crippen LogP) is 0.606. The van der Waals surface area contributed by atoms with E-state index in [-0.39, 0.29) is 0 Å². The Morgan fingerprint density at radius 2 is 1.80 bits per heavy atom. The van der Waals surface area contributed by atoms with Crippen LogP contribution in [-0.4, -0.2) is 17.2 Å². The third-order valence-electron chi connectivity index (χ3n) is 3.12. The summed E-state index contributed by atoms with van der Waals surface area (Å²) >= 11 is 0. The summed E-state index contributed by atoms with van der Waals surface area (Å²) in [6, 6.07) is 5.42. The normalized spacial score (nSPS) is 16.9. The van der Waals surface area contributed by atoms with Gasteiger partial charge in [-0.15, -0.1) is 0 Å². The lowest BCUT2D eigenvalue weighted by Crippen LogP contribution is -2.30. The van der Waals surface area contributed by atoms with Gasteiger partial charge in [-0.05, 0) is 41.9 Å². The number of hydrogen-bond donors (Lipinski definition) is 3. The van der Waals surface area contributed by atoms with Crippen LogP contribution in [-0.2, 0) is 0 Å². The molecule has 4 heteroatoms. The summed E-state index contributed by atoms with van der Waals surface area (Å²) in [5.41, 5.74) is 8.00. The van der Waals surface area contributed by atoms with E-state index in [9.17, 15) is 0 Å². The van der Waals surface area contributed by atoms with Crippen LogP contribution in [0.3, 0.4) is 0 Å². The first-order valence-electron chi connectivity index (χ1n) is 5.43. The second-order valence-corrected chi connectivity index (χ2v) is 4.29. The van der Waals surface area contributed by atoms with E-state index in [0.29, 0.717) is 17.1 Å². The Kier molecular flexibility index (Phi) is 2.98. The number of nitrogens with two attached hydrogens (primary N) is 1. The second-order valence-electron chi connectivity index (χ2n) is 4.29. The summed E-state index contributed by atoms with van der Waals surface area (Å²) in [5, 5.41) is 18.2. The molecule has 0 spiro atoms. The Morgan fingerprint density at radius 1 is 1.13 bits per heavy atom. The van der Waals surface area contributed by atoms with Crippen molar-refractivity contribution < 1.29 is 10.0 Å². The minimum Gasteiger partial charge on any atom is -0.423 e. The molecule has 1 aliphatic carbocycles. The molecule has 0 atom stereocenters. The van der Waals surface area contributed by atoms with E-state index in [1.165, 1.54) is 25.7 Å². The van der Waals surface area contributed by atoms with Crippen molar-refractivity contribution in [2.24, 2.45) is 0 Å². The van der Waals surface area contributed by atoms with Crippen molar-refractivity contribution in [3.63, 3.8) is 0 Å². The van der Waals surface area contributed by atoms with Crippen LogP contribution < -0.4 is 11.2 Å². The number of nitrogen functional groups attached to an aromatic ring is 1.